The summed E-state index contributed by atoms with van der Waals surface area (Å²) in [6, 6.07) is 58.4. The molecule has 0 nitrogen and oxygen atoms in total. The molecule has 9 aromatic rings. The van der Waals surface area contributed by atoms with Gasteiger partial charge in [0.1, 0.15) is 0 Å². The van der Waals surface area contributed by atoms with E-state index >= 15 is 0 Å². The van der Waals surface area contributed by atoms with E-state index in [9.17, 15) is 0 Å². The van der Waals surface area contributed by atoms with Gasteiger partial charge in [0.05, 0.1) is 0 Å². The van der Waals surface area contributed by atoms with Crippen LogP contribution in [0.25, 0.3) is 85.0 Å². The fourth-order valence-electron chi connectivity index (χ4n) is 7.09. The Kier molecular flexibility index (Phi) is 5.63. The van der Waals surface area contributed by atoms with Gasteiger partial charge in [-0.3, -0.25) is 0 Å². The SMILES string of the molecule is c1ccc(-c2cccc(-c3cccc4[se]c5ccccc5c34)c2-c2cccc3c4ccccc4c4ccccc4c23)cc1. The van der Waals surface area contributed by atoms with Crippen LogP contribution < -0.4 is 0 Å². The zero-order valence-corrected chi connectivity index (χ0v) is 25.1. The molecule has 1 heteroatoms. The van der Waals surface area contributed by atoms with Crippen LogP contribution in [0.5, 0.6) is 0 Å². The molecule has 0 fully saturated rings. The third kappa shape index (κ3) is 3.76. The molecule has 0 aliphatic rings. The molecule has 1 heterocycles. The van der Waals surface area contributed by atoms with E-state index in [2.05, 4.69) is 158 Å². The van der Waals surface area contributed by atoms with Crippen LogP contribution in [0.3, 0.4) is 0 Å². The van der Waals surface area contributed by atoms with Gasteiger partial charge >= 0.3 is 257 Å². The molecule has 0 aliphatic heterocycles. The number of rotatable bonds is 3. The summed E-state index contributed by atoms with van der Waals surface area (Å²) < 4.78 is 2.94. The average molecular weight is 610 g/mol. The van der Waals surface area contributed by atoms with Crippen LogP contribution in [0, 0.1) is 0 Å². The van der Waals surface area contributed by atoms with Crippen LogP contribution in [-0.2, 0) is 0 Å². The van der Waals surface area contributed by atoms with Gasteiger partial charge in [-0.05, 0) is 0 Å². The maximum absolute atomic E-state index is 2.34. The van der Waals surface area contributed by atoms with E-state index < -0.39 is 0 Å². The average Bonchev–Trinajstić information content (AvgIpc) is 3.47. The Balaban J connectivity index is 1.49. The molecule has 0 saturated carbocycles. The van der Waals surface area contributed by atoms with Crippen molar-refractivity contribution < 1.29 is 0 Å². The molecule has 1 aromatic heterocycles. The molecule has 0 spiro atoms. The Labute approximate surface area is 256 Å². The van der Waals surface area contributed by atoms with Gasteiger partial charge in [-0.15, -0.1) is 0 Å². The summed E-state index contributed by atoms with van der Waals surface area (Å²) in [4.78, 5) is 0. The molecule has 0 bridgehead atoms. The first-order chi connectivity index (χ1) is 21.4. The summed E-state index contributed by atoms with van der Waals surface area (Å²) in [5, 5.41) is 10.6. The Morgan fingerprint density at radius 3 is 1.53 bits per heavy atom. The number of hydrogen-bond donors (Lipinski definition) is 0. The van der Waals surface area contributed by atoms with Gasteiger partial charge in [-0.25, -0.2) is 0 Å². The first-order valence-corrected chi connectivity index (χ1v) is 16.5. The molecule has 43 heavy (non-hydrogen) atoms. The Morgan fingerprint density at radius 2 is 0.767 bits per heavy atom. The summed E-state index contributed by atoms with van der Waals surface area (Å²) in [5.74, 6) is 0. The van der Waals surface area contributed by atoms with Crippen LogP contribution in [0.1, 0.15) is 0 Å². The molecule has 200 valence electrons. The summed E-state index contributed by atoms with van der Waals surface area (Å²) in [6.07, 6.45) is 0. The van der Waals surface area contributed by atoms with E-state index in [4.69, 9.17) is 0 Å². The Hall–Kier alpha value is -4.94. The Bertz CT molecular complexity index is 2450. The second-order valence-electron chi connectivity index (χ2n) is 11.2. The molecule has 0 atom stereocenters. The normalized spacial score (nSPS) is 11.7. The van der Waals surface area contributed by atoms with Gasteiger partial charge in [-0.1, -0.05) is 0 Å². The fourth-order valence-corrected chi connectivity index (χ4v) is 9.46. The van der Waals surface area contributed by atoms with Crippen molar-refractivity contribution in [2.45, 2.75) is 0 Å². The van der Waals surface area contributed by atoms with Crippen LogP contribution in [0.2, 0.25) is 0 Å². The topological polar surface area (TPSA) is 0 Å². The first-order valence-electron chi connectivity index (χ1n) is 14.8. The standard InChI is InChI=1S/C42H26Se/c1-2-13-27(14-3-1)28-20-10-22-34(35-23-12-26-39-42(35)36-19-8-9-25-38(36)43-39)40(28)37-24-11-21-33-31-16-5-4-15-29(31)30-17-6-7-18-32(30)41(33)37/h1-26H. The monoisotopic (exact) mass is 610 g/mol. The van der Waals surface area contributed by atoms with Gasteiger partial charge in [-0.2, -0.15) is 0 Å². The minimum atomic E-state index is 0.313. The maximum atomic E-state index is 2.34. The van der Waals surface area contributed by atoms with Crippen molar-refractivity contribution in [3.05, 3.63) is 158 Å². The van der Waals surface area contributed by atoms with E-state index in [1.807, 2.05) is 0 Å². The first kappa shape index (κ1) is 24.6. The second-order valence-corrected chi connectivity index (χ2v) is 13.5. The molecule has 0 amide bonds. The molecule has 0 radical (unpaired) electrons. The van der Waals surface area contributed by atoms with Gasteiger partial charge in [0.25, 0.3) is 0 Å². The number of fused-ring (bicyclic) bond motifs is 9. The van der Waals surface area contributed by atoms with Crippen molar-refractivity contribution in [2.24, 2.45) is 0 Å². The molecule has 0 aliphatic carbocycles. The molecule has 0 unspecified atom stereocenters. The van der Waals surface area contributed by atoms with Crippen molar-refractivity contribution in [2.75, 3.05) is 0 Å². The zero-order chi connectivity index (χ0) is 28.3. The van der Waals surface area contributed by atoms with Crippen molar-refractivity contribution in [1.82, 2.24) is 0 Å². The number of hydrogen-bond acceptors (Lipinski definition) is 0. The van der Waals surface area contributed by atoms with E-state index in [1.165, 1.54) is 85.0 Å². The van der Waals surface area contributed by atoms with Gasteiger partial charge < -0.3 is 0 Å². The van der Waals surface area contributed by atoms with E-state index in [-0.39, 0.29) is 0 Å². The minimum absolute atomic E-state index is 0.313. The van der Waals surface area contributed by atoms with E-state index in [0.717, 1.165) is 0 Å². The third-order valence-electron chi connectivity index (χ3n) is 8.88. The van der Waals surface area contributed by atoms with Crippen LogP contribution in [0.15, 0.2) is 158 Å². The molecule has 0 N–H and O–H groups in total. The van der Waals surface area contributed by atoms with Crippen LogP contribution in [-0.4, -0.2) is 14.5 Å². The predicted molar refractivity (Wildman–Crippen MR) is 187 cm³/mol. The van der Waals surface area contributed by atoms with Crippen molar-refractivity contribution in [3.63, 3.8) is 0 Å². The molecular formula is C42H26Se. The van der Waals surface area contributed by atoms with Crippen LogP contribution in [0.4, 0.5) is 0 Å². The van der Waals surface area contributed by atoms with Gasteiger partial charge in [0, 0.05) is 0 Å². The molecule has 9 rings (SSSR count). The van der Waals surface area contributed by atoms with Crippen LogP contribution >= 0.6 is 0 Å². The molecule has 0 saturated heterocycles. The van der Waals surface area contributed by atoms with Crippen molar-refractivity contribution in [3.8, 4) is 33.4 Å². The van der Waals surface area contributed by atoms with Gasteiger partial charge in [0.2, 0.25) is 0 Å². The van der Waals surface area contributed by atoms with Crippen molar-refractivity contribution in [1.29, 1.82) is 0 Å². The van der Waals surface area contributed by atoms with E-state index in [0.29, 0.717) is 14.5 Å². The summed E-state index contributed by atoms with van der Waals surface area (Å²) in [7, 11) is 0. The number of benzene rings is 8. The quantitative estimate of drug-likeness (QED) is 0.138. The van der Waals surface area contributed by atoms with Gasteiger partial charge in [0.15, 0.2) is 0 Å². The second kappa shape index (κ2) is 9.82. The predicted octanol–water partition coefficient (Wildman–Crippen LogP) is 11.5. The molecule has 8 aromatic carbocycles. The third-order valence-corrected chi connectivity index (χ3v) is 11.3. The van der Waals surface area contributed by atoms with E-state index in [1.54, 1.807) is 0 Å². The summed E-state index contributed by atoms with van der Waals surface area (Å²) in [6.45, 7) is 0. The van der Waals surface area contributed by atoms with Crippen molar-refractivity contribution >= 4 is 66.1 Å². The fraction of sp³-hybridized carbons (Fsp3) is 0. The summed E-state index contributed by atoms with van der Waals surface area (Å²) >= 11 is 0.313. The molecular weight excluding hydrogens is 583 g/mol. The zero-order valence-electron chi connectivity index (χ0n) is 23.4. The summed E-state index contributed by atoms with van der Waals surface area (Å²) in [5.41, 5.74) is 7.68. The Morgan fingerprint density at radius 1 is 0.279 bits per heavy atom.